The van der Waals surface area contributed by atoms with E-state index >= 15 is 0 Å². The maximum absolute atomic E-state index is 12.9. The van der Waals surface area contributed by atoms with Crippen LogP contribution in [0.4, 0.5) is 35.1 Å². The standard InChI is InChI=1S/C17H20F5N5O2.C2HF3O2/c18-16(19)4-10(5-16)24-14(28)11-6-15(29-26-11)2-1-3-27(9-15)8-13-23-7-12(25-13)17(20,21)22;3-2(4,5)1(6)7/h7,10H,1-6,8-9H2,(H,23,25)(H,24,28);(H,6,7). The predicted octanol–water partition coefficient (Wildman–Crippen LogP) is 3.09. The number of carbonyl (C=O) groups is 2. The molecule has 1 amide bonds. The Hall–Kier alpha value is -2.98. The van der Waals surface area contributed by atoms with E-state index in [1.54, 1.807) is 0 Å². The Morgan fingerprint density at radius 1 is 1.22 bits per heavy atom. The molecule has 3 N–H and O–H groups in total. The van der Waals surface area contributed by atoms with Crippen molar-refractivity contribution in [3.8, 4) is 0 Å². The largest absolute Gasteiger partial charge is 0.490 e. The van der Waals surface area contributed by atoms with Gasteiger partial charge in [0.05, 0.1) is 12.7 Å². The summed E-state index contributed by atoms with van der Waals surface area (Å²) >= 11 is 0. The molecular formula is C19H21F8N5O4. The molecule has 2 fully saturated rings. The lowest BCUT2D eigenvalue weighted by atomic mass is 9.86. The topological polar surface area (TPSA) is 120 Å². The summed E-state index contributed by atoms with van der Waals surface area (Å²) in [4.78, 5) is 34.6. The number of H-pyrrole nitrogens is 1. The maximum atomic E-state index is 12.9. The van der Waals surface area contributed by atoms with Gasteiger partial charge in [0.1, 0.15) is 17.2 Å². The molecule has 1 aromatic rings. The third-order valence-electron chi connectivity index (χ3n) is 5.69. The van der Waals surface area contributed by atoms with E-state index in [1.165, 1.54) is 0 Å². The molecule has 9 nitrogen and oxygen atoms in total. The first kappa shape index (κ1) is 27.6. The van der Waals surface area contributed by atoms with Crippen molar-refractivity contribution in [2.75, 3.05) is 13.1 Å². The number of nitrogens with zero attached hydrogens (tertiary/aromatic N) is 3. The number of nitrogens with one attached hydrogen (secondary N) is 2. The van der Waals surface area contributed by atoms with Crippen LogP contribution in [0.2, 0.25) is 0 Å². The van der Waals surface area contributed by atoms with E-state index in [0.717, 1.165) is 6.20 Å². The summed E-state index contributed by atoms with van der Waals surface area (Å²) in [5.41, 5.74) is -1.49. The van der Waals surface area contributed by atoms with Crippen LogP contribution in [0.25, 0.3) is 0 Å². The summed E-state index contributed by atoms with van der Waals surface area (Å²) in [6.45, 7) is 1.20. The van der Waals surface area contributed by atoms with Crippen molar-refractivity contribution in [3.05, 3.63) is 17.7 Å². The lowest BCUT2D eigenvalue weighted by molar-refractivity contribution is -0.192. The Morgan fingerprint density at radius 2 is 1.86 bits per heavy atom. The number of carbonyl (C=O) groups excluding carboxylic acids is 1. The maximum Gasteiger partial charge on any atom is 0.490 e. The second-order valence-electron chi connectivity index (χ2n) is 8.78. The Morgan fingerprint density at radius 3 is 2.39 bits per heavy atom. The molecule has 1 spiro atoms. The van der Waals surface area contributed by atoms with Crippen LogP contribution in [0, 0.1) is 0 Å². The smallest absolute Gasteiger partial charge is 0.475 e. The van der Waals surface area contributed by atoms with Gasteiger partial charge in [-0.25, -0.2) is 18.6 Å². The number of hydrogen-bond donors (Lipinski definition) is 3. The van der Waals surface area contributed by atoms with E-state index < -0.39 is 47.5 Å². The lowest BCUT2D eigenvalue weighted by Crippen LogP contribution is -2.53. The van der Waals surface area contributed by atoms with Gasteiger partial charge in [0, 0.05) is 31.8 Å². The van der Waals surface area contributed by atoms with Crippen molar-refractivity contribution >= 4 is 17.6 Å². The number of aliphatic carboxylic acids is 1. The van der Waals surface area contributed by atoms with Crippen LogP contribution in [0.3, 0.4) is 0 Å². The highest BCUT2D eigenvalue weighted by Gasteiger charge is 2.48. The van der Waals surface area contributed by atoms with Gasteiger partial charge in [-0.15, -0.1) is 0 Å². The van der Waals surface area contributed by atoms with Crippen molar-refractivity contribution in [1.29, 1.82) is 0 Å². The minimum Gasteiger partial charge on any atom is -0.475 e. The van der Waals surface area contributed by atoms with E-state index in [2.05, 4.69) is 20.4 Å². The van der Waals surface area contributed by atoms with Gasteiger partial charge in [-0.1, -0.05) is 5.16 Å². The summed E-state index contributed by atoms with van der Waals surface area (Å²) in [7, 11) is 0. The molecule has 3 heterocycles. The number of hydrogen-bond acceptors (Lipinski definition) is 6. The highest BCUT2D eigenvalue weighted by molar-refractivity contribution is 6.39. The van der Waals surface area contributed by atoms with E-state index in [0.29, 0.717) is 25.9 Å². The molecule has 0 aromatic carbocycles. The highest BCUT2D eigenvalue weighted by atomic mass is 19.4. The number of rotatable bonds is 4. The zero-order valence-electron chi connectivity index (χ0n) is 18.3. The second kappa shape index (κ2) is 9.82. The highest BCUT2D eigenvalue weighted by Crippen LogP contribution is 2.38. The Labute approximate surface area is 197 Å². The number of alkyl halides is 8. The molecule has 1 saturated heterocycles. The minimum absolute atomic E-state index is 0.152. The number of carboxylic acids is 1. The molecule has 1 saturated carbocycles. The zero-order valence-corrected chi connectivity index (χ0v) is 18.3. The van der Waals surface area contributed by atoms with Gasteiger partial charge in [0.15, 0.2) is 5.60 Å². The van der Waals surface area contributed by atoms with Crippen molar-refractivity contribution in [3.63, 3.8) is 0 Å². The summed E-state index contributed by atoms with van der Waals surface area (Å²) in [6, 6.07) is -0.568. The normalized spacial score (nSPS) is 24.3. The molecule has 1 aliphatic carbocycles. The number of amides is 1. The number of carboxylic acid groups (broad SMARTS) is 1. The first-order valence-corrected chi connectivity index (χ1v) is 10.6. The summed E-state index contributed by atoms with van der Waals surface area (Å²) in [5, 5.41) is 13.5. The van der Waals surface area contributed by atoms with Crippen LogP contribution in [0.5, 0.6) is 0 Å². The van der Waals surface area contributed by atoms with Gasteiger partial charge >= 0.3 is 18.3 Å². The van der Waals surface area contributed by atoms with E-state index in [-0.39, 0.29) is 37.3 Å². The number of oxime groups is 1. The van der Waals surface area contributed by atoms with Gasteiger partial charge < -0.3 is 20.2 Å². The van der Waals surface area contributed by atoms with Crippen molar-refractivity contribution in [1.82, 2.24) is 20.2 Å². The predicted molar refractivity (Wildman–Crippen MR) is 104 cm³/mol. The average molecular weight is 535 g/mol. The molecule has 1 aromatic heterocycles. The fourth-order valence-electron chi connectivity index (χ4n) is 4.02. The third-order valence-corrected chi connectivity index (χ3v) is 5.69. The van der Waals surface area contributed by atoms with Gasteiger partial charge in [0.25, 0.3) is 11.8 Å². The minimum atomic E-state index is -5.08. The monoisotopic (exact) mass is 535 g/mol. The molecule has 4 rings (SSSR count). The van der Waals surface area contributed by atoms with E-state index in [4.69, 9.17) is 14.7 Å². The van der Waals surface area contributed by atoms with Gasteiger partial charge in [-0.2, -0.15) is 26.3 Å². The molecule has 36 heavy (non-hydrogen) atoms. The number of aromatic nitrogens is 2. The first-order chi connectivity index (χ1) is 16.5. The van der Waals surface area contributed by atoms with Crippen LogP contribution in [0.1, 0.15) is 43.6 Å². The fraction of sp³-hybridized carbons (Fsp3) is 0.684. The van der Waals surface area contributed by atoms with Crippen LogP contribution in [-0.4, -0.2) is 74.4 Å². The third kappa shape index (κ3) is 7.04. The van der Waals surface area contributed by atoms with Gasteiger partial charge in [-0.3, -0.25) is 9.69 Å². The molecule has 3 aliphatic rings. The van der Waals surface area contributed by atoms with Crippen molar-refractivity contribution < 1.29 is 54.7 Å². The van der Waals surface area contributed by atoms with Crippen LogP contribution in [0.15, 0.2) is 11.4 Å². The molecular weight excluding hydrogens is 514 g/mol. The molecule has 202 valence electrons. The van der Waals surface area contributed by atoms with Crippen LogP contribution < -0.4 is 5.32 Å². The Bertz CT molecular complexity index is 1000. The molecule has 1 unspecified atom stereocenters. The molecule has 1 atom stereocenters. The molecule has 2 aliphatic heterocycles. The van der Waals surface area contributed by atoms with Gasteiger partial charge in [0.2, 0.25) is 0 Å². The zero-order chi connectivity index (χ0) is 26.9. The first-order valence-electron chi connectivity index (χ1n) is 10.6. The summed E-state index contributed by atoms with van der Waals surface area (Å²) in [6.07, 6.45) is -7.99. The van der Waals surface area contributed by atoms with E-state index in [1.807, 2.05) is 4.90 Å². The van der Waals surface area contributed by atoms with Crippen molar-refractivity contribution in [2.24, 2.45) is 5.16 Å². The molecule has 17 heteroatoms. The fourth-order valence-corrected chi connectivity index (χ4v) is 4.02. The number of likely N-dealkylation sites (tertiary alicyclic amines) is 1. The summed E-state index contributed by atoms with van der Waals surface area (Å²) < 4.78 is 95.7. The quantitative estimate of drug-likeness (QED) is 0.510. The molecule has 0 radical (unpaired) electrons. The van der Waals surface area contributed by atoms with Crippen LogP contribution in [-0.2, 0) is 27.1 Å². The second-order valence-corrected chi connectivity index (χ2v) is 8.78. The van der Waals surface area contributed by atoms with E-state index in [9.17, 15) is 39.9 Å². The summed E-state index contributed by atoms with van der Waals surface area (Å²) in [5.74, 6) is -5.81. The molecule has 0 bridgehead atoms. The Balaban J connectivity index is 0.000000454. The van der Waals surface area contributed by atoms with Crippen LogP contribution >= 0.6 is 0 Å². The number of aromatic amines is 1. The SMILES string of the molecule is O=C(NC1CC(F)(F)C1)C1=NOC2(CCCN(Cc3ncc(C(F)(F)F)[nH]3)C2)C1.O=C(O)C(F)(F)F. The lowest BCUT2D eigenvalue weighted by Gasteiger charge is -2.38. The number of halogens is 8. The van der Waals surface area contributed by atoms with Gasteiger partial charge in [-0.05, 0) is 19.4 Å². The number of imidazole rings is 1. The number of piperidine rings is 1. The Kier molecular flexibility index (Phi) is 7.53. The van der Waals surface area contributed by atoms with Crippen molar-refractivity contribution in [2.45, 2.75) is 68.6 Å². The average Bonchev–Trinajstić information content (AvgIpc) is 3.34.